The van der Waals surface area contributed by atoms with Crippen LogP contribution in [0.15, 0.2) is 35.1 Å². The van der Waals surface area contributed by atoms with Gasteiger partial charge in [0.15, 0.2) is 0 Å². The molecule has 0 aliphatic heterocycles. The van der Waals surface area contributed by atoms with Crippen molar-refractivity contribution in [2.24, 2.45) is 0 Å². The molecule has 0 aliphatic rings. The van der Waals surface area contributed by atoms with Crippen molar-refractivity contribution in [1.29, 1.82) is 0 Å². The largest absolute Gasteiger partial charge is 0.313 e. The van der Waals surface area contributed by atoms with Gasteiger partial charge in [-0.15, -0.1) is 0 Å². The predicted molar refractivity (Wildman–Crippen MR) is 77.1 cm³/mol. The number of aromatic amines is 1. The fourth-order valence-electron chi connectivity index (χ4n) is 1.90. The molecule has 0 bridgehead atoms. The Hall–Kier alpha value is -1.94. The summed E-state index contributed by atoms with van der Waals surface area (Å²) in [6.07, 6.45) is 1.02. The second kappa shape index (κ2) is 6.29. The summed E-state index contributed by atoms with van der Waals surface area (Å²) in [5.74, 6) is 0. The molecule has 1 heterocycles. The van der Waals surface area contributed by atoms with Gasteiger partial charge in [0, 0.05) is 17.7 Å². The monoisotopic (exact) mass is 257 g/mol. The van der Waals surface area contributed by atoms with E-state index in [4.69, 9.17) is 0 Å². The van der Waals surface area contributed by atoms with E-state index in [1.165, 1.54) is 5.56 Å². The Kier molecular flexibility index (Phi) is 4.47. The molecular formula is C15H19N3O. The molecule has 0 spiro atoms. The molecule has 19 heavy (non-hydrogen) atoms. The van der Waals surface area contributed by atoms with E-state index >= 15 is 0 Å². The summed E-state index contributed by atoms with van der Waals surface area (Å²) in [4.78, 5) is 11.7. The normalized spacial score (nSPS) is 10.6. The first kappa shape index (κ1) is 13.5. The van der Waals surface area contributed by atoms with Crippen LogP contribution in [0.2, 0.25) is 0 Å². The molecule has 2 N–H and O–H groups in total. The zero-order valence-corrected chi connectivity index (χ0v) is 11.4. The fourth-order valence-corrected chi connectivity index (χ4v) is 1.90. The maximum absolute atomic E-state index is 11.7. The average Bonchev–Trinajstić information content (AvgIpc) is 2.46. The highest BCUT2D eigenvalue weighted by Gasteiger charge is 2.05. The lowest BCUT2D eigenvalue weighted by Crippen LogP contribution is -2.21. The van der Waals surface area contributed by atoms with Crippen molar-refractivity contribution in [3.8, 4) is 11.3 Å². The molecule has 0 fully saturated rings. The first-order chi connectivity index (χ1) is 9.24. The average molecular weight is 257 g/mol. The van der Waals surface area contributed by atoms with E-state index in [-0.39, 0.29) is 5.56 Å². The molecule has 0 unspecified atom stereocenters. The summed E-state index contributed by atoms with van der Waals surface area (Å²) in [7, 11) is 0. The molecular weight excluding hydrogens is 238 g/mol. The van der Waals surface area contributed by atoms with Crippen molar-refractivity contribution in [3.05, 3.63) is 51.8 Å². The highest BCUT2D eigenvalue weighted by Crippen LogP contribution is 2.17. The third-order valence-electron chi connectivity index (χ3n) is 3.10. The number of H-pyrrole nitrogens is 1. The predicted octanol–water partition coefficient (Wildman–Crippen LogP) is 2.11. The van der Waals surface area contributed by atoms with Crippen molar-refractivity contribution >= 4 is 0 Å². The lowest BCUT2D eigenvalue weighted by atomic mass is 10.1. The first-order valence-corrected chi connectivity index (χ1v) is 6.63. The highest BCUT2D eigenvalue weighted by atomic mass is 16.1. The SMILES string of the molecule is CCNCc1cc(-c2ccc(CC)cc2)n[nH]c1=O. The van der Waals surface area contributed by atoms with Crippen LogP contribution in [-0.4, -0.2) is 16.7 Å². The van der Waals surface area contributed by atoms with Crippen LogP contribution < -0.4 is 10.9 Å². The zero-order valence-electron chi connectivity index (χ0n) is 11.4. The van der Waals surface area contributed by atoms with Crippen molar-refractivity contribution in [2.45, 2.75) is 26.8 Å². The van der Waals surface area contributed by atoms with Crippen LogP contribution in [0.25, 0.3) is 11.3 Å². The van der Waals surface area contributed by atoms with Crippen molar-refractivity contribution < 1.29 is 0 Å². The van der Waals surface area contributed by atoms with E-state index in [0.717, 1.165) is 24.2 Å². The van der Waals surface area contributed by atoms with Crippen LogP contribution >= 0.6 is 0 Å². The van der Waals surface area contributed by atoms with Crippen LogP contribution in [0.4, 0.5) is 0 Å². The van der Waals surface area contributed by atoms with E-state index < -0.39 is 0 Å². The van der Waals surface area contributed by atoms with Gasteiger partial charge in [0.05, 0.1) is 5.69 Å². The minimum absolute atomic E-state index is 0.130. The summed E-state index contributed by atoms with van der Waals surface area (Å²) in [6.45, 7) is 5.54. The van der Waals surface area contributed by atoms with Gasteiger partial charge >= 0.3 is 0 Å². The Morgan fingerprint density at radius 2 is 1.95 bits per heavy atom. The molecule has 100 valence electrons. The third kappa shape index (κ3) is 3.29. The number of aromatic nitrogens is 2. The van der Waals surface area contributed by atoms with Gasteiger partial charge in [0.1, 0.15) is 0 Å². The lowest BCUT2D eigenvalue weighted by Gasteiger charge is -2.05. The topological polar surface area (TPSA) is 57.8 Å². The quantitative estimate of drug-likeness (QED) is 0.862. The van der Waals surface area contributed by atoms with Crippen LogP contribution in [0, 0.1) is 0 Å². The molecule has 2 rings (SSSR count). The van der Waals surface area contributed by atoms with Gasteiger partial charge < -0.3 is 5.32 Å². The molecule has 1 aromatic carbocycles. The van der Waals surface area contributed by atoms with Crippen molar-refractivity contribution in [3.63, 3.8) is 0 Å². The second-order valence-electron chi connectivity index (χ2n) is 4.44. The van der Waals surface area contributed by atoms with Crippen LogP contribution in [0.5, 0.6) is 0 Å². The molecule has 4 heteroatoms. The number of nitrogens with zero attached hydrogens (tertiary/aromatic N) is 1. The molecule has 0 aliphatic carbocycles. The minimum Gasteiger partial charge on any atom is -0.313 e. The molecule has 4 nitrogen and oxygen atoms in total. The first-order valence-electron chi connectivity index (χ1n) is 6.63. The van der Waals surface area contributed by atoms with Gasteiger partial charge in [-0.25, -0.2) is 5.10 Å². The number of benzene rings is 1. The summed E-state index contributed by atoms with van der Waals surface area (Å²) >= 11 is 0. The van der Waals surface area contributed by atoms with Gasteiger partial charge in [0.25, 0.3) is 5.56 Å². The summed E-state index contributed by atoms with van der Waals surface area (Å²) in [6, 6.07) is 10.1. The van der Waals surface area contributed by atoms with Gasteiger partial charge in [-0.1, -0.05) is 38.1 Å². The summed E-state index contributed by atoms with van der Waals surface area (Å²) in [5, 5.41) is 9.82. The fraction of sp³-hybridized carbons (Fsp3) is 0.333. The maximum atomic E-state index is 11.7. The number of aryl methyl sites for hydroxylation is 1. The van der Waals surface area contributed by atoms with Gasteiger partial charge in [-0.2, -0.15) is 5.10 Å². The van der Waals surface area contributed by atoms with Crippen LogP contribution in [0.3, 0.4) is 0 Å². The van der Waals surface area contributed by atoms with E-state index in [1.807, 2.05) is 25.1 Å². The van der Waals surface area contributed by atoms with E-state index in [1.54, 1.807) is 0 Å². The zero-order chi connectivity index (χ0) is 13.7. The lowest BCUT2D eigenvalue weighted by molar-refractivity contribution is 0.715. The summed E-state index contributed by atoms with van der Waals surface area (Å²) < 4.78 is 0. The number of rotatable bonds is 5. The van der Waals surface area contributed by atoms with E-state index in [2.05, 4.69) is 34.6 Å². The molecule has 1 aromatic heterocycles. The van der Waals surface area contributed by atoms with Gasteiger partial charge in [-0.05, 0) is 24.6 Å². The van der Waals surface area contributed by atoms with E-state index in [0.29, 0.717) is 12.1 Å². The highest BCUT2D eigenvalue weighted by molar-refractivity contribution is 5.59. The van der Waals surface area contributed by atoms with Crippen molar-refractivity contribution in [1.82, 2.24) is 15.5 Å². The Labute approximate surface area is 112 Å². The Balaban J connectivity index is 2.30. The number of nitrogens with one attached hydrogen (secondary N) is 2. The standard InChI is InChI=1S/C15H19N3O/c1-3-11-5-7-12(8-6-11)14-9-13(10-16-4-2)15(19)18-17-14/h5-9,16H,3-4,10H2,1-2H3,(H,18,19). The number of hydrogen-bond acceptors (Lipinski definition) is 3. The second-order valence-corrected chi connectivity index (χ2v) is 4.44. The third-order valence-corrected chi connectivity index (χ3v) is 3.10. The maximum Gasteiger partial charge on any atom is 0.268 e. The van der Waals surface area contributed by atoms with Crippen LogP contribution in [0.1, 0.15) is 25.0 Å². The molecule has 0 amide bonds. The Bertz CT molecular complexity index is 587. The number of hydrogen-bond donors (Lipinski definition) is 2. The minimum atomic E-state index is -0.130. The Morgan fingerprint density at radius 1 is 1.21 bits per heavy atom. The van der Waals surface area contributed by atoms with E-state index in [9.17, 15) is 4.79 Å². The van der Waals surface area contributed by atoms with Crippen LogP contribution in [-0.2, 0) is 13.0 Å². The molecule has 2 aromatic rings. The van der Waals surface area contributed by atoms with Gasteiger partial charge in [0.2, 0.25) is 0 Å². The van der Waals surface area contributed by atoms with Crippen molar-refractivity contribution in [2.75, 3.05) is 6.54 Å². The molecule has 0 atom stereocenters. The summed E-state index contributed by atoms with van der Waals surface area (Å²) in [5.41, 5.74) is 3.70. The smallest absolute Gasteiger partial charge is 0.268 e. The molecule has 0 saturated carbocycles. The Morgan fingerprint density at radius 3 is 2.58 bits per heavy atom. The van der Waals surface area contributed by atoms with Gasteiger partial charge in [-0.3, -0.25) is 4.79 Å². The molecule has 0 saturated heterocycles. The molecule has 0 radical (unpaired) electrons.